The van der Waals surface area contributed by atoms with Crippen molar-refractivity contribution in [1.29, 1.82) is 0 Å². The summed E-state index contributed by atoms with van der Waals surface area (Å²) in [5, 5.41) is 4.73. The molecule has 3 aromatic carbocycles. The van der Waals surface area contributed by atoms with Crippen molar-refractivity contribution >= 4 is 27.5 Å². The molecule has 0 fully saturated rings. The standard InChI is InChI=1S/C35H28BrF3N6O2/c1-20-14-27-30(18-43(20)33(46)24-10-13-29(36)28(16-24)35(37,38)39)45-32(25(17-42-45)15-22-6-4-3-5-7-22)44(34(27)47)26-11-8-23(9-12-26)31-21(2)40-19-41-31/h3-13,16-17,19-20H,14-15,18H2,1-2H3,(H,40,41)/t20-/m0/s1. The number of nitrogens with one attached hydrogen (secondary N) is 1. The molecule has 0 saturated heterocycles. The second-order valence-corrected chi connectivity index (χ2v) is 12.6. The average molecular weight is 702 g/mol. The summed E-state index contributed by atoms with van der Waals surface area (Å²) in [6, 6.07) is 20.5. The fraction of sp³-hybridized carbons (Fsp3) is 0.200. The topological polar surface area (TPSA) is 88.3 Å². The molecule has 1 N–H and O–H groups in total. The molecule has 12 heteroatoms. The Bertz CT molecular complexity index is 2200. The third-order valence-corrected chi connectivity index (χ3v) is 9.40. The highest BCUT2D eigenvalue weighted by Crippen LogP contribution is 2.36. The molecular weight excluding hydrogens is 673 g/mol. The number of imidazole rings is 1. The highest BCUT2D eigenvalue weighted by Gasteiger charge is 2.36. The Morgan fingerprint density at radius 2 is 1.81 bits per heavy atom. The van der Waals surface area contributed by atoms with Gasteiger partial charge in [-0.1, -0.05) is 58.4 Å². The fourth-order valence-electron chi connectivity index (χ4n) is 6.31. The molecule has 0 bridgehead atoms. The van der Waals surface area contributed by atoms with Gasteiger partial charge >= 0.3 is 6.18 Å². The van der Waals surface area contributed by atoms with Gasteiger partial charge in [0.05, 0.1) is 47.4 Å². The number of H-pyrrole nitrogens is 1. The lowest BCUT2D eigenvalue weighted by Crippen LogP contribution is -2.46. The van der Waals surface area contributed by atoms with Crippen LogP contribution in [-0.2, 0) is 25.6 Å². The zero-order valence-corrected chi connectivity index (χ0v) is 26.9. The maximum atomic E-state index is 14.5. The molecule has 47 heavy (non-hydrogen) atoms. The Balaban J connectivity index is 1.36. The summed E-state index contributed by atoms with van der Waals surface area (Å²) in [6.07, 6.45) is -0.551. The number of fused-ring (bicyclic) bond motifs is 3. The molecule has 6 aromatic rings. The van der Waals surface area contributed by atoms with Gasteiger partial charge in [0.2, 0.25) is 0 Å². The van der Waals surface area contributed by atoms with Crippen molar-refractivity contribution < 1.29 is 18.0 Å². The summed E-state index contributed by atoms with van der Waals surface area (Å²) in [4.78, 5) is 37.1. The Morgan fingerprint density at radius 3 is 2.49 bits per heavy atom. The third kappa shape index (κ3) is 5.46. The zero-order chi connectivity index (χ0) is 33.0. The largest absolute Gasteiger partial charge is 0.417 e. The van der Waals surface area contributed by atoms with E-state index in [0.29, 0.717) is 29.0 Å². The first kappa shape index (κ1) is 30.7. The monoisotopic (exact) mass is 700 g/mol. The zero-order valence-electron chi connectivity index (χ0n) is 25.3. The first-order valence-corrected chi connectivity index (χ1v) is 15.8. The molecule has 0 aliphatic carbocycles. The van der Waals surface area contributed by atoms with Gasteiger partial charge in [0.1, 0.15) is 5.65 Å². The number of rotatable bonds is 5. The number of hydrogen-bond acceptors (Lipinski definition) is 4. The quantitative estimate of drug-likeness (QED) is 0.207. The lowest BCUT2D eigenvalue weighted by Gasteiger charge is -2.35. The Morgan fingerprint density at radius 1 is 1.06 bits per heavy atom. The van der Waals surface area contributed by atoms with Crippen LogP contribution in [0.4, 0.5) is 13.2 Å². The van der Waals surface area contributed by atoms with E-state index in [0.717, 1.165) is 34.1 Å². The van der Waals surface area contributed by atoms with Crippen molar-refractivity contribution in [2.24, 2.45) is 0 Å². The highest BCUT2D eigenvalue weighted by atomic mass is 79.9. The molecule has 7 rings (SSSR count). The molecule has 3 aromatic heterocycles. The number of nitrogens with zero attached hydrogens (tertiary/aromatic N) is 5. The smallest absolute Gasteiger partial charge is 0.344 e. The molecule has 0 unspecified atom stereocenters. The minimum Gasteiger partial charge on any atom is -0.344 e. The van der Waals surface area contributed by atoms with Gasteiger partial charge in [-0.05, 0) is 61.7 Å². The molecule has 0 saturated carbocycles. The normalized spacial score (nSPS) is 14.9. The maximum absolute atomic E-state index is 14.5. The van der Waals surface area contributed by atoms with Gasteiger partial charge in [0, 0.05) is 33.6 Å². The summed E-state index contributed by atoms with van der Waals surface area (Å²) < 4.78 is 44.2. The van der Waals surface area contributed by atoms with Crippen molar-refractivity contribution in [3.05, 3.63) is 139 Å². The number of carbonyl (C=O) groups is 1. The second kappa shape index (κ2) is 11.7. The van der Waals surface area contributed by atoms with Crippen LogP contribution in [0.15, 0.2) is 94.6 Å². The van der Waals surface area contributed by atoms with Crippen LogP contribution in [0.25, 0.3) is 22.6 Å². The van der Waals surface area contributed by atoms with Crippen LogP contribution in [0, 0.1) is 6.92 Å². The van der Waals surface area contributed by atoms with E-state index in [1.165, 1.54) is 17.0 Å². The van der Waals surface area contributed by atoms with Gasteiger partial charge in [-0.2, -0.15) is 18.3 Å². The van der Waals surface area contributed by atoms with Crippen LogP contribution in [-0.4, -0.2) is 41.0 Å². The van der Waals surface area contributed by atoms with E-state index in [-0.39, 0.29) is 28.6 Å². The van der Waals surface area contributed by atoms with E-state index in [4.69, 9.17) is 5.10 Å². The lowest BCUT2D eigenvalue weighted by molar-refractivity contribution is -0.138. The Labute approximate surface area is 275 Å². The molecular formula is C35H28BrF3N6O2. The number of amides is 1. The van der Waals surface area contributed by atoms with Crippen molar-refractivity contribution in [2.45, 2.75) is 45.5 Å². The summed E-state index contributed by atoms with van der Waals surface area (Å²) in [5.41, 5.74) is 5.53. The SMILES string of the molecule is Cc1nc[nH]c1-c1ccc(-n2c(=O)c3c(n4ncc(Cc5ccccc5)c24)CN(C(=O)c2ccc(Br)c(C(F)(F)F)c2)[C@@H](C)C3)cc1. The van der Waals surface area contributed by atoms with Crippen molar-refractivity contribution in [1.82, 2.24) is 29.0 Å². The van der Waals surface area contributed by atoms with E-state index in [9.17, 15) is 22.8 Å². The van der Waals surface area contributed by atoms with Crippen LogP contribution in [0.5, 0.6) is 0 Å². The van der Waals surface area contributed by atoms with E-state index in [1.807, 2.05) is 61.5 Å². The predicted molar refractivity (Wildman–Crippen MR) is 175 cm³/mol. The van der Waals surface area contributed by atoms with E-state index in [2.05, 4.69) is 25.9 Å². The molecule has 0 spiro atoms. The first-order chi connectivity index (χ1) is 22.5. The first-order valence-electron chi connectivity index (χ1n) is 15.0. The minimum atomic E-state index is -4.63. The summed E-state index contributed by atoms with van der Waals surface area (Å²) in [7, 11) is 0. The van der Waals surface area contributed by atoms with Crippen LogP contribution in [0.3, 0.4) is 0 Å². The Hall–Kier alpha value is -4.97. The molecule has 1 atom stereocenters. The maximum Gasteiger partial charge on any atom is 0.417 e. The van der Waals surface area contributed by atoms with Gasteiger partial charge in [0.15, 0.2) is 0 Å². The third-order valence-electron chi connectivity index (χ3n) is 8.71. The van der Waals surface area contributed by atoms with Gasteiger partial charge < -0.3 is 9.88 Å². The lowest BCUT2D eigenvalue weighted by atomic mass is 9.97. The van der Waals surface area contributed by atoms with Crippen molar-refractivity contribution in [3.8, 4) is 16.9 Å². The second-order valence-electron chi connectivity index (χ2n) is 11.7. The Kier molecular flexibility index (Phi) is 7.62. The molecule has 238 valence electrons. The number of benzene rings is 3. The summed E-state index contributed by atoms with van der Waals surface area (Å²) in [6.45, 7) is 3.72. The molecule has 8 nitrogen and oxygen atoms in total. The van der Waals surface area contributed by atoms with Crippen molar-refractivity contribution in [3.63, 3.8) is 0 Å². The summed E-state index contributed by atoms with van der Waals surface area (Å²) in [5.74, 6) is -0.556. The number of halogens is 4. The van der Waals surface area contributed by atoms with Gasteiger partial charge in [0.25, 0.3) is 11.5 Å². The number of carbonyl (C=O) groups excluding carboxylic acids is 1. The number of hydrogen-bond donors (Lipinski definition) is 1. The number of aromatic nitrogens is 5. The van der Waals surface area contributed by atoms with Crippen LogP contribution < -0.4 is 5.56 Å². The van der Waals surface area contributed by atoms with E-state index < -0.39 is 23.7 Å². The molecule has 1 amide bonds. The molecule has 1 aliphatic heterocycles. The van der Waals surface area contributed by atoms with Gasteiger partial charge in [-0.25, -0.2) is 9.50 Å². The average Bonchev–Trinajstić information content (AvgIpc) is 3.67. The molecule has 4 heterocycles. The van der Waals surface area contributed by atoms with Gasteiger partial charge in [-0.15, -0.1) is 0 Å². The number of aryl methyl sites for hydroxylation is 1. The fourth-order valence-corrected chi connectivity index (χ4v) is 6.78. The number of alkyl halides is 3. The molecule has 1 aliphatic rings. The minimum absolute atomic E-state index is 0.00379. The molecule has 0 radical (unpaired) electrons. The van der Waals surface area contributed by atoms with Gasteiger partial charge in [-0.3, -0.25) is 14.2 Å². The highest BCUT2D eigenvalue weighted by molar-refractivity contribution is 9.10. The predicted octanol–water partition coefficient (Wildman–Crippen LogP) is 7.14. The van der Waals surface area contributed by atoms with Crippen molar-refractivity contribution in [2.75, 3.05) is 0 Å². The van der Waals surface area contributed by atoms with Crippen LogP contribution >= 0.6 is 15.9 Å². The van der Waals surface area contributed by atoms with E-state index in [1.54, 1.807) is 28.5 Å². The van der Waals surface area contributed by atoms with E-state index >= 15 is 0 Å². The van der Waals surface area contributed by atoms with Crippen LogP contribution in [0.1, 0.15) is 50.9 Å². The number of aromatic amines is 1. The summed E-state index contributed by atoms with van der Waals surface area (Å²) >= 11 is 2.95. The van der Waals surface area contributed by atoms with Crippen LogP contribution in [0.2, 0.25) is 0 Å².